The van der Waals surface area contributed by atoms with Gasteiger partial charge < -0.3 is 4.90 Å². The van der Waals surface area contributed by atoms with Crippen LogP contribution in [0.3, 0.4) is 0 Å². The first-order valence-corrected chi connectivity index (χ1v) is 6.35. The highest BCUT2D eigenvalue weighted by Crippen LogP contribution is 2.36. The fourth-order valence-electron chi connectivity index (χ4n) is 2.54. The van der Waals surface area contributed by atoms with Gasteiger partial charge in [0.05, 0.1) is 12.1 Å². The van der Waals surface area contributed by atoms with Gasteiger partial charge in [-0.3, -0.25) is 4.99 Å². The minimum atomic E-state index is 0.237. The Morgan fingerprint density at radius 2 is 1.72 bits per heavy atom. The van der Waals surface area contributed by atoms with Gasteiger partial charge in [-0.25, -0.2) is 0 Å². The van der Waals surface area contributed by atoms with E-state index in [-0.39, 0.29) is 6.04 Å². The molecule has 5 radical (unpaired) electrons. The number of amidine groups is 1. The number of benzene rings is 1. The van der Waals surface area contributed by atoms with Gasteiger partial charge in [0.1, 0.15) is 5.84 Å². The van der Waals surface area contributed by atoms with Crippen LogP contribution in [-0.4, -0.2) is 23.8 Å². The van der Waals surface area contributed by atoms with Crippen LogP contribution in [0.4, 0.5) is 0 Å². The fraction of sp³-hybridized carbons (Fsp3) is 0.250. The molecule has 91 valence electrons. The molecule has 1 aliphatic heterocycles. The lowest BCUT2D eigenvalue weighted by molar-refractivity contribution is 0.379. The van der Waals surface area contributed by atoms with Crippen LogP contribution < -0.4 is 0 Å². The van der Waals surface area contributed by atoms with Gasteiger partial charge in [0.25, 0.3) is 0 Å². The minimum Gasteiger partial charge on any atom is -0.358 e. The molecule has 0 amide bonds. The van der Waals surface area contributed by atoms with Crippen LogP contribution in [0, 0.1) is 31.6 Å². The monoisotopic (exact) mass is 237 g/mol. The summed E-state index contributed by atoms with van der Waals surface area (Å²) in [5.41, 5.74) is 1.29. The second kappa shape index (κ2) is 4.75. The number of nitrogens with zero attached hydrogens (tertiary/aromatic N) is 2. The Morgan fingerprint density at radius 1 is 1.06 bits per heavy atom. The summed E-state index contributed by atoms with van der Waals surface area (Å²) in [4.78, 5) is 7.18. The van der Waals surface area contributed by atoms with E-state index in [0.717, 1.165) is 5.84 Å². The Labute approximate surface area is 110 Å². The molecule has 1 aromatic carbocycles. The maximum Gasteiger partial charge on any atom is 0.108 e. The van der Waals surface area contributed by atoms with E-state index >= 15 is 0 Å². The molecule has 1 heterocycles. The summed E-state index contributed by atoms with van der Waals surface area (Å²) >= 11 is 0. The molecule has 18 heavy (non-hydrogen) atoms. The second-order valence-corrected chi connectivity index (χ2v) is 4.83. The summed E-state index contributed by atoms with van der Waals surface area (Å²) in [5, 5.41) is 0. The van der Waals surface area contributed by atoms with E-state index in [9.17, 15) is 0 Å². The Hall–Kier alpha value is -1.31. The van der Waals surface area contributed by atoms with Crippen molar-refractivity contribution in [3.63, 3.8) is 0 Å². The fourth-order valence-corrected chi connectivity index (χ4v) is 2.54. The first-order chi connectivity index (χ1) is 8.77. The molecule has 2 atom stereocenters. The van der Waals surface area contributed by atoms with Gasteiger partial charge in [0, 0.05) is 13.0 Å². The third-order valence-electron chi connectivity index (χ3n) is 3.73. The summed E-state index contributed by atoms with van der Waals surface area (Å²) in [6.07, 6.45) is 8.36. The minimum absolute atomic E-state index is 0.237. The zero-order valence-electron chi connectivity index (χ0n) is 10.7. The number of aliphatic imine (C=N–C) groups is 1. The second-order valence-electron chi connectivity index (χ2n) is 4.83. The van der Waals surface area contributed by atoms with Crippen LogP contribution in [0.15, 0.2) is 35.3 Å². The topological polar surface area (TPSA) is 15.6 Å². The molecular formula is C16H17N2. The van der Waals surface area contributed by atoms with Gasteiger partial charge in [-0.2, -0.15) is 0 Å². The van der Waals surface area contributed by atoms with Crippen molar-refractivity contribution in [3.8, 4) is 0 Å². The number of likely N-dealkylation sites (N-methyl/N-ethyl adjacent to an activating group) is 1. The van der Waals surface area contributed by atoms with E-state index in [1.54, 1.807) is 0 Å². The van der Waals surface area contributed by atoms with Crippen LogP contribution in [0.25, 0.3) is 0 Å². The Kier molecular flexibility index (Phi) is 3.11. The van der Waals surface area contributed by atoms with Crippen molar-refractivity contribution in [2.45, 2.75) is 19.0 Å². The molecule has 0 N–H and O–H groups in total. The van der Waals surface area contributed by atoms with Crippen LogP contribution >= 0.6 is 0 Å². The van der Waals surface area contributed by atoms with Crippen LogP contribution in [0.5, 0.6) is 0 Å². The van der Waals surface area contributed by atoms with Crippen LogP contribution in [0.1, 0.15) is 18.5 Å². The highest BCUT2D eigenvalue weighted by atomic mass is 15.3. The van der Waals surface area contributed by atoms with Gasteiger partial charge in [0.15, 0.2) is 0 Å². The normalized spacial score (nSPS) is 28.8. The summed E-state index contributed by atoms with van der Waals surface area (Å²) in [5.74, 6) is 2.31. The molecule has 1 aliphatic carbocycles. The highest BCUT2D eigenvalue weighted by Gasteiger charge is 2.36. The molecule has 0 unspecified atom stereocenters. The van der Waals surface area contributed by atoms with Crippen molar-refractivity contribution >= 4 is 5.84 Å². The van der Waals surface area contributed by atoms with Gasteiger partial charge >= 0.3 is 0 Å². The molecule has 2 aliphatic rings. The molecule has 1 fully saturated rings. The SMILES string of the molecule is C[C@H]1[C@H](c2ccccc2)N=C([C]2[CH][CH][CH][CH]2)N1C. The predicted molar refractivity (Wildman–Crippen MR) is 74.3 cm³/mol. The zero-order chi connectivity index (χ0) is 12.5. The number of hydrogen-bond donors (Lipinski definition) is 0. The molecule has 2 nitrogen and oxygen atoms in total. The standard InChI is InChI=1S/C16H17N2/c1-12-15(13-8-4-3-5-9-13)17-16(18(12)2)14-10-6-7-11-14/h3-12,15H,1-2H3/t12-,15+/m0/s1. The average molecular weight is 237 g/mol. The molecule has 0 aromatic heterocycles. The summed E-state index contributed by atoms with van der Waals surface area (Å²) < 4.78 is 0. The maximum absolute atomic E-state index is 4.91. The van der Waals surface area contributed by atoms with Gasteiger partial charge in [-0.15, -0.1) is 0 Å². The summed E-state index contributed by atoms with van der Waals surface area (Å²) in [7, 11) is 2.12. The Bertz CT molecular complexity index is 432. The highest BCUT2D eigenvalue weighted by molar-refractivity contribution is 6.01. The lowest BCUT2D eigenvalue weighted by Gasteiger charge is -2.25. The molecule has 1 aromatic rings. The summed E-state index contributed by atoms with van der Waals surface area (Å²) in [6, 6.07) is 11.2. The van der Waals surface area contributed by atoms with E-state index in [0.29, 0.717) is 6.04 Å². The summed E-state index contributed by atoms with van der Waals surface area (Å²) in [6.45, 7) is 2.23. The quantitative estimate of drug-likeness (QED) is 0.772. The van der Waals surface area contributed by atoms with Crippen molar-refractivity contribution in [2.75, 3.05) is 7.05 Å². The zero-order valence-corrected chi connectivity index (χ0v) is 10.7. The average Bonchev–Trinajstić information content (AvgIpc) is 3.01. The van der Waals surface area contributed by atoms with Gasteiger partial charge in [0.2, 0.25) is 0 Å². The van der Waals surface area contributed by atoms with Gasteiger partial charge in [-0.1, -0.05) is 30.3 Å². The van der Waals surface area contributed by atoms with E-state index in [1.165, 1.54) is 11.5 Å². The van der Waals surface area contributed by atoms with Crippen molar-refractivity contribution in [1.29, 1.82) is 0 Å². The van der Waals surface area contributed by atoms with Crippen LogP contribution in [-0.2, 0) is 0 Å². The third-order valence-corrected chi connectivity index (χ3v) is 3.73. The third kappa shape index (κ3) is 1.94. The molecule has 0 spiro atoms. The molecular weight excluding hydrogens is 220 g/mol. The van der Waals surface area contributed by atoms with E-state index in [2.05, 4.69) is 74.9 Å². The lowest BCUT2D eigenvalue weighted by atomic mass is 10.0. The largest absolute Gasteiger partial charge is 0.358 e. The first kappa shape index (κ1) is 11.8. The van der Waals surface area contributed by atoms with E-state index in [1.807, 2.05) is 0 Å². The van der Waals surface area contributed by atoms with Crippen LogP contribution in [0.2, 0.25) is 0 Å². The van der Waals surface area contributed by atoms with E-state index in [4.69, 9.17) is 4.99 Å². The molecule has 3 rings (SSSR count). The molecule has 1 saturated carbocycles. The van der Waals surface area contributed by atoms with Crippen molar-refractivity contribution in [2.24, 2.45) is 4.99 Å². The Balaban J connectivity index is 1.87. The lowest BCUT2D eigenvalue weighted by Crippen LogP contribution is -2.34. The smallest absolute Gasteiger partial charge is 0.108 e. The predicted octanol–water partition coefficient (Wildman–Crippen LogP) is 2.87. The molecule has 2 heteroatoms. The van der Waals surface area contributed by atoms with Crippen molar-refractivity contribution < 1.29 is 0 Å². The van der Waals surface area contributed by atoms with Gasteiger partial charge in [-0.05, 0) is 38.2 Å². The Morgan fingerprint density at radius 3 is 2.39 bits per heavy atom. The van der Waals surface area contributed by atoms with Crippen molar-refractivity contribution in [3.05, 3.63) is 67.5 Å². The maximum atomic E-state index is 4.91. The number of hydrogen-bond acceptors (Lipinski definition) is 2. The first-order valence-electron chi connectivity index (χ1n) is 6.35. The molecule has 0 bridgehead atoms. The van der Waals surface area contributed by atoms with Crippen molar-refractivity contribution in [1.82, 2.24) is 4.90 Å². The van der Waals surface area contributed by atoms with E-state index < -0.39 is 0 Å². The number of rotatable bonds is 2. The molecule has 0 saturated heterocycles.